The van der Waals surface area contributed by atoms with Gasteiger partial charge in [0, 0.05) is 65.9 Å². The maximum absolute atomic E-state index is 16.8. The van der Waals surface area contributed by atoms with Crippen molar-refractivity contribution in [3.8, 4) is 22.6 Å². The van der Waals surface area contributed by atoms with Crippen LogP contribution in [0.2, 0.25) is 5.02 Å². The molecule has 3 aromatic carbocycles. The number of anilines is 2. The minimum atomic E-state index is -0.809. The molecule has 18 heteroatoms. The summed E-state index contributed by atoms with van der Waals surface area (Å²) in [4.78, 5) is 75.1. The third kappa shape index (κ3) is 9.39. The van der Waals surface area contributed by atoms with Crippen LogP contribution in [-0.4, -0.2) is 95.7 Å². The first-order valence-corrected chi connectivity index (χ1v) is 24.5. The second kappa shape index (κ2) is 20.3. The molecule has 69 heavy (non-hydrogen) atoms. The fraction of sp³-hybridized carbons (Fsp3) is 0.373. The average molecular weight is 981 g/mol. The van der Waals surface area contributed by atoms with E-state index in [0.29, 0.717) is 73.8 Å². The lowest BCUT2D eigenvalue weighted by molar-refractivity contribution is -0.137. The molecule has 5 aromatic rings. The van der Waals surface area contributed by atoms with Crippen molar-refractivity contribution in [2.75, 3.05) is 43.1 Å². The molecular weight excluding hydrogens is 928 g/mol. The summed E-state index contributed by atoms with van der Waals surface area (Å²) in [5.41, 5.74) is 3.35. The number of nitrogens with zero attached hydrogens (tertiary/aromatic N) is 5. The quantitative estimate of drug-likeness (QED) is 0.0534. The van der Waals surface area contributed by atoms with Crippen molar-refractivity contribution in [1.82, 2.24) is 25.4 Å². The number of halogens is 3. The van der Waals surface area contributed by atoms with Gasteiger partial charge in [-0.2, -0.15) is 0 Å². The fourth-order valence-corrected chi connectivity index (χ4v) is 11.0. The Labute approximate surface area is 407 Å². The van der Waals surface area contributed by atoms with Gasteiger partial charge in [-0.25, -0.2) is 8.78 Å². The molecule has 6 heterocycles. The normalized spacial score (nSPS) is 18.9. The number of piperidine rings is 1. The van der Waals surface area contributed by atoms with Gasteiger partial charge in [0.25, 0.3) is 11.8 Å². The van der Waals surface area contributed by atoms with Crippen LogP contribution in [0.1, 0.15) is 78.2 Å². The van der Waals surface area contributed by atoms with Gasteiger partial charge in [0.1, 0.15) is 41.5 Å². The minimum absolute atomic E-state index is 0.0304. The highest BCUT2D eigenvalue weighted by atomic mass is 35.5. The molecule has 0 spiro atoms. The molecule has 4 aliphatic rings. The maximum Gasteiger partial charge on any atom is 0.256 e. The molecule has 2 saturated heterocycles. The topological polar surface area (TPSA) is 154 Å². The number of nitrogens with one attached hydrogen (secondary N) is 2. The Balaban J connectivity index is 0.728. The third-order valence-corrected chi connectivity index (χ3v) is 14.8. The second-order valence-electron chi connectivity index (χ2n) is 17.8. The van der Waals surface area contributed by atoms with Crippen LogP contribution in [-0.2, 0) is 38.9 Å². The van der Waals surface area contributed by atoms with Crippen molar-refractivity contribution in [3.63, 3.8) is 0 Å². The summed E-state index contributed by atoms with van der Waals surface area (Å²) in [6.45, 7) is 8.38. The van der Waals surface area contributed by atoms with E-state index in [-0.39, 0.29) is 70.1 Å². The molecule has 2 unspecified atom stereocenters. The van der Waals surface area contributed by atoms with Crippen LogP contribution < -0.4 is 29.9 Å². The van der Waals surface area contributed by atoms with Gasteiger partial charge in [-0.3, -0.25) is 34.3 Å². The van der Waals surface area contributed by atoms with Gasteiger partial charge in [0.2, 0.25) is 17.7 Å². The van der Waals surface area contributed by atoms with Crippen LogP contribution >= 0.6 is 22.9 Å². The molecule has 3 atom stereocenters. The molecule has 14 nitrogen and oxygen atoms in total. The van der Waals surface area contributed by atoms with E-state index in [1.54, 1.807) is 29.0 Å². The van der Waals surface area contributed by atoms with Gasteiger partial charge in [-0.1, -0.05) is 55.6 Å². The first-order valence-electron chi connectivity index (χ1n) is 23.2. The van der Waals surface area contributed by atoms with E-state index in [1.807, 2.05) is 41.5 Å². The van der Waals surface area contributed by atoms with E-state index >= 15 is 8.78 Å². The standard InChI is InChI=1S/C51H52ClF2N7O7S/c1-4-43(63)59-26-39-51(66)58(3)38-23-56-47-32(48(38)60(39)24-29(59)2)21-35(52)44(46(47)54)45-36(53)11-10-12-40(45)67-20-9-7-5-6-8-19-55-22-30-13-15-31(16-14-30)68-27-41-33-25-61(50(65)34(33)28-69-41)37-17-18-42(62)57-49(37)64/h4,10-16,21,23,28-29,37,39,55H,1,5-9,17-20,22,24-27H2,2-3H3,(H,57,62,64)/t29-,37?,39?/m1/s1. The highest BCUT2D eigenvalue weighted by molar-refractivity contribution is 7.10. The number of hydrogen-bond donors (Lipinski definition) is 2. The van der Waals surface area contributed by atoms with E-state index in [9.17, 15) is 24.0 Å². The summed E-state index contributed by atoms with van der Waals surface area (Å²) in [7, 11) is 1.62. The Morgan fingerprint density at radius 1 is 1.00 bits per heavy atom. The third-order valence-electron chi connectivity index (χ3n) is 13.5. The lowest BCUT2D eigenvalue weighted by atomic mass is 9.96. The summed E-state index contributed by atoms with van der Waals surface area (Å²) >= 11 is 8.33. The summed E-state index contributed by atoms with van der Waals surface area (Å²) in [6, 6.07) is 12.2. The molecule has 0 radical (unpaired) electrons. The zero-order chi connectivity index (χ0) is 48.5. The number of ether oxygens (including phenoxy) is 2. The SMILES string of the molecule is C=CC(=O)N1CC2C(=O)N(C)c3cnc4c(F)c(-c5c(F)cccc5OCCCCCCCNCc5ccc(OCc6scc7c6CN(C6CCC(=O)NC6=O)C7=O)cc5)c(Cl)cc4c3N2C[C@H]1C. The zero-order valence-electron chi connectivity index (χ0n) is 38.3. The Morgan fingerprint density at radius 2 is 1.78 bits per heavy atom. The predicted molar refractivity (Wildman–Crippen MR) is 259 cm³/mol. The molecule has 0 saturated carbocycles. The number of carbonyl (C=O) groups is 5. The van der Waals surface area contributed by atoms with Gasteiger partial charge >= 0.3 is 0 Å². The molecule has 0 aliphatic carbocycles. The molecule has 0 bridgehead atoms. The summed E-state index contributed by atoms with van der Waals surface area (Å²) in [6.07, 6.45) is 7.78. The van der Waals surface area contributed by atoms with Crippen molar-refractivity contribution in [1.29, 1.82) is 0 Å². The van der Waals surface area contributed by atoms with Gasteiger partial charge in [-0.05, 0) is 74.7 Å². The second-order valence-corrected chi connectivity index (χ2v) is 19.2. The largest absolute Gasteiger partial charge is 0.493 e. The van der Waals surface area contributed by atoms with Gasteiger partial charge in [-0.15, -0.1) is 11.3 Å². The van der Waals surface area contributed by atoms with E-state index in [1.165, 1.54) is 40.6 Å². The number of pyridine rings is 1. The first-order chi connectivity index (χ1) is 33.3. The molecule has 360 valence electrons. The molecule has 9 rings (SSSR count). The number of amides is 5. The average Bonchev–Trinajstić information content (AvgIpc) is 3.89. The molecule has 2 N–H and O–H groups in total. The number of aromatic nitrogens is 1. The number of rotatable bonds is 17. The first kappa shape index (κ1) is 47.6. The Kier molecular flexibility index (Phi) is 14.0. The predicted octanol–water partition coefficient (Wildman–Crippen LogP) is 7.92. The number of carbonyl (C=O) groups excluding carboxylic acids is 5. The number of thiophene rings is 1. The van der Waals surface area contributed by atoms with E-state index in [0.717, 1.165) is 48.2 Å². The number of hydrogen-bond acceptors (Lipinski definition) is 11. The van der Waals surface area contributed by atoms with Crippen molar-refractivity contribution in [2.45, 2.75) is 89.7 Å². The van der Waals surface area contributed by atoms with Crippen LogP contribution in [0.4, 0.5) is 20.2 Å². The fourth-order valence-electron chi connectivity index (χ4n) is 9.76. The molecular formula is C51H52ClF2N7O7S. The number of likely N-dealkylation sites (N-methyl/N-ethyl adjacent to an activating group) is 1. The maximum atomic E-state index is 16.8. The lowest BCUT2D eigenvalue weighted by Crippen LogP contribution is -2.65. The number of unbranched alkanes of at least 4 members (excludes halogenated alkanes) is 4. The number of benzene rings is 3. The Bertz CT molecular complexity index is 2860. The van der Waals surface area contributed by atoms with Gasteiger partial charge in [0.05, 0.1) is 46.9 Å². The number of piperazine rings is 1. The Hall–Kier alpha value is -6.43. The van der Waals surface area contributed by atoms with E-state index in [2.05, 4.69) is 22.2 Å². The van der Waals surface area contributed by atoms with Crippen LogP contribution in [0.3, 0.4) is 0 Å². The van der Waals surface area contributed by atoms with Crippen molar-refractivity contribution in [3.05, 3.63) is 111 Å². The highest BCUT2D eigenvalue weighted by Gasteiger charge is 2.45. The van der Waals surface area contributed by atoms with E-state index in [4.69, 9.17) is 21.1 Å². The lowest BCUT2D eigenvalue weighted by Gasteiger charge is -2.50. The van der Waals surface area contributed by atoms with E-state index < -0.39 is 29.6 Å². The molecule has 5 amide bonds. The molecule has 2 fully saturated rings. The van der Waals surface area contributed by atoms with Crippen LogP contribution in [0, 0.1) is 11.6 Å². The minimum Gasteiger partial charge on any atom is -0.493 e. The van der Waals surface area contributed by atoms with Gasteiger partial charge in [0.15, 0.2) is 5.82 Å². The highest BCUT2D eigenvalue weighted by Crippen LogP contribution is 2.47. The summed E-state index contributed by atoms with van der Waals surface area (Å²) in [5, 5.41) is 7.98. The molecule has 2 aromatic heterocycles. The van der Waals surface area contributed by atoms with Crippen molar-refractivity contribution >= 4 is 74.8 Å². The number of imide groups is 1. The summed E-state index contributed by atoms with van der Waals surface area (Å²) < 4.78 is 44.6. The van der Waals surface area contributed by atoms with Crippen molar-refractivity contribution < 1.29 is 42.2 Å². The smallest absolute Gasteiger partial charge is 0.256 e. The van der Waals surface area contributed by atoms with Crippen LogP contribution in [0.25, 0.3) is 22.0 Å². The van der Waals surface area contributed by atoms with Crippen molar-refractivity contribution in [2.24, 2.45) is 0 Å². The Morgan fingerprint density at radius 3 is 2.57 bits per heavy atom. The number of fused-ring (bicyclic) bond motifs is 6. The monoisotopic (exact) mass is 979 g/mol. The van der Waals surface area contributed by atoms with Crippen LogP contribution in [0.15, 0.2) is 72.8 Å². The summed E-state index contributed by atoms with van der Waals surface area (Å²) in [5.74, 6) is -2.05. The zero-order valence-corrected chi connectivity index (χ0v) is 39.9. The molecule has 4 aliphatic heterocycles. The van der Waals surface area contributed by atoms with Crippen LogP contribution in [0.5, 0.6) is 11.5 Å². The van der Waals surface area contributed by atoms with Gasteiger partial charge < -0.3 is 34.4 Å².